The molecule has 0 amide bonds. The SMILES string of the molecule is C=C(C(=O)OCC(=O)OC1C2CC3C(=O)OC1C3O2)C(F)(F)F.C=C(C)C(=O)OC(C)C(=O)OC1C2CC3C(=O)OC1C3O2.C=C(C)C(=O)OC1C2OC(=O)C3C2OC1C3C(=O)OC.C=C(C)C(=O)OCC(=O)OC1C2OC(=O)C3C2OC1C3C(=O)OC.C=C(C)C(=O)OCOC1C2CC3C(=O)OC1C3O2.C=CC(=O)OCC(=O)OC1C2OC(=O)C3C2OC1C3C(=O)OC. The number of esters is 19. The van der Waals surface area contributed by atoms with Crippen molar-refractivity contribution in [1.82, 2.24) is 0 Å². The Morgan fingerprint density at radius 3 is 1.06 bits per heavy atom. The summed E-state index contributed by atoms with van der Waals surface area (Å²) in [5, 5.41) is 0. The van der Waals surface area contributed by atoms with Crippen LogP contribution in [0.15, 0.2) is 73.4 Å². The number of alkyl halides is 3. The first kappa shape index (κ1) is 94.5. The van der Waals surface area contributed by atoms with Gasteiger partial charge in [-0.3, -0.25) is 43.2 Å². The van der Waals surface area contributed by atoms with E-state index in [0.29, 0.717) is 24.8 Å². The Bertz CT molecular complexity index is 4740. The van der Waals surface area contributed by atoms with Crippen LogP contribution in [0.25, 0.3) is 0 Å². The van der Waals surface area contributed by atoms with Crippen molar-refractivity contribution in [3.05, 3.63) is 73.4 Å². The number of halogens is 3. The van der Waals surface area contributed by atoms with Crippen molar-refractivity contribution in [2.75, 3.05) is 47.9 Å². The maximum atomic E-state index is 12.2. The number of carbonyl (C=O) groups is 19. The van der Waals surface area contributed by atoms with Gasteiger partial charge >= 0.3 is 120 Å². The number of hydrogen-bond acceptors (Lipinski definition) is 45. The molecule has 18 saturated heterocycles. The summed E-state index contributed by atoms with van der Waals surface area (Å²) >= 11 is 0. The molecule has 0 radical (unpaired) electrons. The van der Waals surface area contributed by atoms with Crippen LogP contribution in [0.4, 0.5) is 13.2 Å². The van der Waals surface area contributed by atoms with Gasteiger partial charge in [0, 0.05) is 28.4 Å². The summed E-state index contributed by atoms with van der Waals surface area (Å²) in [5.74, 6) is -18.3. The third-order valence-electron chi connectivity index (χ3n) is 24.0. The maximum absolute atomic E-state index is 12.2. The summed E-state index contributed by atoms with van der Waals surface area (Å²) < 4.78 is 170. The molecule has 18 heterocycles. The van der Waals surface area contributed by atoms with Gasteiger partial charge in [0.1, 0.15) is 102 Å². The summed E-state index contributed by atoms with van der Waals surface area (Å²) in [6.07, 6.45) is -18.1. The minimum absolute atomic E-state index is 0.139. The highest BCUT2D eigenvalue weighted by Gasteiger charge is 2.76. The maximum Gasteiger partial charge on any atom is 0.422 e. The van der Waals surface area contributed by atoms with Crippen LogP contribution in [-0.4, -0.2) is 320 Å². The van der Waals surface area contributed by atoms with E-state index in [2.05, 4.69) is 53.7 Å². The summed E-state index contributed by atoms with van der Waals surface area (Å²) in [5.41, 5.74) is -0.839. The van der Waals surface area contributed by atoms with Crippen LogP contribution >= 0.6 is 0 Å². The molecule has 18 aliphatic heterocycles. The van der Waals surface area contributed by atoms with E-state index in [1.165, 1.54) is 49.0 Å². The standard InChI is InChI=1S/C15H16O9.C14H14O9.C14H16O7.C13H11F3O7.C13H14O7.C12H14O6/c1-5(2)13(17)21-4-6(16)22-11-9-7(14(18)20-3)8-10(23-9)12(11)24-15(8)19;1-3-5(15)20-4-6(16)21-11-9-7(13(17)19-2)8-10(22-9)12(11)23-14(8)18;1-5(2)12(15)18-6(3)13(16)20-10-8-4-7-9(19-8)11(10)21-14(7)17;1-4(13(14,15)16)11(18)20-3-7(17)22-9-6-2-5-8(21-6)10(9)23-12(5)19;1-4(2)11(14)19-9-7-5(12(15)17-3)6-8(18-7)10(9)20-13(6)16;1-5(2)11(13)16-4-15-9-7-3-6-8(17-7)10(9)18-12(6)14/h7-12H,1,4H2,2-3H3;3,7-12H,1,4H2,2H3;6-11H,1,4H2,2-3H3;5-6,8-10H,1-3H2;5-10H,1H2,2-3H3;6-10H,1,3-4H2,2H3. The third-order valence-corrected chi connectivity index (χ3v) is 24.0. The number of methoxy groups -OCH3 is 3. The van der Waals surface area contributed by atoms with Gasteiger partial charge in [0.2, 0.25) is 0 Å². The van der Waals surface area contributed by atoms with Crippen molar-refractivity contribution in [3.63, 3.8) is 0 Å². The molecule has 45 nitrogen and oxygen atoms in total. The lowest BCUT2D eigenvalue weighted by atomic mass is 9.78. The zero-order chi connectivity index (χ0) is 94.0. The lowest BCUT2D eigenvalue weighted by Gasteiger charge is -2.26. The van der Waals surface area contributed by atoms with Crippen LogP contribution in [0.3, 0.4) is 0 Å². The van der Waals surface area contributed by atoms with Crippen molar-refractivity contribution in [2.45, 2.75) is 213 Å². The number of ether oxygens (including phenoxy) is 26. The van der Waals surface area contributed by atoms with Gasteiger partial charge in [0.25, 0.3) is 0 Å². The fraction of sp³-hybridized carbons (Fsp3) is 0.617. The van der Waals surface area contributed by atoms with Gasteiger partial charge in [-0.15, -0.1) is 0 Å². The highest BCUT2D eigenvalue weighted by Crippen LogP contribution is 2.56. The van der Waals surface area contributed by atoms with Crippen LogP contribution < -0.4 is 0 Å². The van der Waals surface area contributed by atoms with Crippen molar-refractivity contribution >= 4 is 113 Å². The van der Waals surface area contributed by atoms with Crippen molar-refractivity contribution in [1.29, 1.82) is 0 Å². The van der Waals surface area contributed by atoms with Crippen molar-refractivity contribution in [2.24, 2.45) is 53.3 Å². The van der Waals surface area contributed by atoms with E-state index in [0.717, 1.165) is 6.08 Å². The molecule has 0 aromatic carbocycles. The zero-order valence-electron chi connectivity index (χ0n) is 69.4. The molecule has 700 valence electrons. The smallest absolute Gasteiger partial charge is 0.422 e. The van der Waals surface area contributed by atoms with Gasteiger partial charge < -0.3 is 123 Å². The molecule has 0 aromatic heterocycles. The Morgan fingerprint density at radius 1 is 0.380 bits per heavy atom. The summed E-state index contributed by atoms with van der Waals surface area (Å²) in [6, 6.07) is 0. The van der Waals surface area contributed by atoms with Crippen LogP contribution in [0, 0.1) is 53.3 Å². The number of carbonyl (C=O) groups excluding carboxylic acids is 19. The van der Waals surface area contributed by atoms with E-state index in [1.807, 2.05) is 0 Å². The van der Waals surface area contributed by atoms with Crippen LogP contribution in [0.1, 0.15) is 53.9 Å². The third kappa shape index (κ3) is 18.3. The second-order valence-electron chi connectivity index (χ2n) is 32.2. The first-order valence-corrected chi connectivity index (χ1v) is 39.8. The van der Waals surface area contributed by atoms with E-state index in [1.54, 1.807) is 6.92 Å². The Balaban J connectivity index is 0.000000132. The van der Waals surface area contributed by atoms with Crippen molar-refractivity contribution in [3.8, 4) is 0 Å². The Hall–Kier alpha value is -12.1. The Labute approximate surface area is 725 Å². The molecule has 34 atom stereocenters. The average Bonchev–Trinajstić information content (AvgIpc) is 1.54. The summed E-state index contributed by atoms with van der Waals surface area (Å²) in [4.78, 5) is 220. The zero-order valence-corrected chi connectivity index (χ0v) is 69.4. The summed E-state index contributed by atoms with van der Waals surface area (Å²) in [7, 11) is 3.63. The quantitative estimate of drug-likeness (QED) is 0.0413. The largest absolute Gasteiger partial charge is 0.469 e. The molecule has 0 spiro atoms. The van der Waals surface area contributed by atoms with Crippen LogP contribution in [0.2, 0.25) is 0 Å². The molecule has 18 aliphatic rings. The minimum atomic E-state index is -4.94. The molecule has 34 unspecified atom stereocenters. The fourth-order valence-electron chi connectivity index (χ4n) is 18.2. The minimum Gasteiger partial charge on any atom is -0.469 e. The molecule has 0 aromatic rings. The molecule has 0 saturated carbocycles. The van der Waals surface area contributed by atoms with E-state index in [-0.39, 0.29) is 89.8 Å². The monoisotopic (exact) mass is 1830 g/mol. The first-order valence-electron chi connectivity index (χ1n) is 39.8. The predicted octanol–water partition coefficient (Wildman–Crippen LogP) is -1.99. The highest BCUT2D eigenvalue weighted by atomic mass is 19.4. The van der Waals surface area contributed by atoms with Gasteiger partial charge in [-0.05, 0) is 53.9 Å². The van der Waals surface area contributed by atoms with Crippen molar-refractivity contribution < 1.29 is 227 Å². The summed E-state index contributed by atoms with van der Waals surface area (Å²) in [6.45, 7) is 24.5. The van der Waals surface area contributed by atoms with E-state index < -0.39 is 285 Å². The molecule has 48 heteroatoms. The molecule has 12 bridgehead atoms. The van der Waals surface area contributed by atoms with Crippen LogP contribution in [0.5, 0.6) is 0 Å². The number of rotatable bonds is 25. The normalized spacial score (nSPS) is 37.0. The lowest BCUT2D eigenvalue weighted by Crippen LogP contribution is -2.48. The van der Waals surface area contributed by atoms with E-state index in [4.69, 9.17) is 109 Å². The Morgan fingerprint density at radius 2 is 0.698 bits per heavy atom. The molecule has 18 rings (SSSR count). The molecular formula is C81H85F3O45. The fourth-order valence-corrected chi connectivity index (χ4v) is 18.2. The van der Waals surface area contributed by atoms with Crippen LogP contribution in [-0.2, 0) is 214 Å². The second-order valence-corrected chi connectivity index (χ2v) is 32.2. The molecule has 18 fully saturated rings. The average molecular weight is 1840 g/mol. The molecule has 0 aliphatic carbocycles. The highest BCUT2D eigenvalue weighted by molar-refractivity contribution is 5.94. The second kappa shape index (κ2) is 37.5. The number of fused-ring (bicyclic) bond motifs is 6. The van der Waals surface area contributed by atoms with Gasteiger partial charge in [-0.2, -0.15) is 13.2 Å². The van der Waals surface area contributed by atoms with E-state index >= 15 is 0 Å². The van der Waals surface area contributed by atoms with Gasteiger partial charge in [0.15, 0.2) is 99.9 Å². The van der Waals surface area contributed by atoms with Gasteiger partial charge in [-0.25, -0.2) is 47.9 Å². The Kier molecular flexibility index (Phi) is 27.5. The van der Waals surface area contributed by atoms with Gasteiger partial charge in [-0.1, -0.05) is 39.5 Å². The van der Waals surface area contributed by atoms with E-state index in [9.17, 15) is 104 Å². The topological polar surface area (TPSA) is 564 Å². The lowest BCUT2D eigenvalue weighted by molar-refractivity contribution is -0.174. The van der Waals surface area contributed by atoms with Gasteiger partial charge in [0.05, 0.1) is 57.4 Å². The first-order chi connectivity index (χ1) is 60.9. The molecular weight excluding hydrogens is 1750 g/mol. The number of hydrogen-bond donors (Lipinski definition) is 0. The predicted molar refractivity (Wildman–Crippen MR) is 391 cm³/mol. The molecule has 129 heavy (non-hydrogen) atoms. The molecule has 0 N–H and O–H groups in total.